The van der Waals surface area contributed by atoms with Crippen molar-refractivity contribution < 1.29 is 0 Å². The molecule has 1 aliphatic rings. The van der Waals surface area contributed by atoms with Crippen molar-refractivity contribution in [1.82, 2.24) is 24.5 Å². The van der Waals surface area contributed by atoms with Crippen molar-refractivity contribution in [2.24, 2.45) is 0 Å². The Kier molecular flexibility index (Phi) is 73.3. The summed E-state index contributed by atoms with van der Waals surface area (Å²) in [6.07, 6.45) is 92.9. The number of hydrogen-bond donors (Lipinski definition) is 0. The van der Waals surface area contributed by atoms with Gasteiger partial charge < -0.3 is 14.7 Å². The molecule has 0 bridgehead atoms. The normalized spacial score (nSPS) is 13.5. The molecule has 0 spiro atoms. The molecule has 0 radical (unpaired) electrons. The SMILES string of the molecule is CCCCCCCCCCCCCCCCN(CCCCCCCCCCCCCCCC)CCN1CCN(CCN(CCCCCCCCCCCCCC)CCN(CCCCCCCCCCCCCC)CCCCCCCCCCCCCC)CC1. The van der Waals surface area contributed by atoms with E-state index < -0.39 is 0 Å². The molecular formula is C84H173N5. The minimum absolute atomic E-state index is 1.27. The van der Waals surface area contributed by atoms with Gasteiger partial charge in [-0.15, -0.1) is 0 Å². The van der Waals surface area contributed by atoms with Gasteiger partial charge >= 0.3 is 0 Å². The van der Waals surface area contributed by atoms with E-state index in [1.807, 2.05) is 0 Å². The molecule has 0 amide bonds. The first-order valence-electron chi connectivity index (χ1n) is 42.8. The molecule has 0 N–H and O–H groups in total. The molecule has 0 aromatic carbocycles. The topological polar surface area (TPSA) is 16.2 Å². The smallest absolute Gasteiger partial charge is 0.0110 e. The van der Waals surface area contributed by atoms with Gasteiger partial charge in [0.15, 0.2) is 0 Å². The third kappa shape index (κ3) is 66.2. The number of hydrogen-bond acceptors (Lipinski definition) is 5. The summed E-state index contributed by atoms with van der Waals surface area (Å²) in [5.41, 5.74) is 0. The standard InChI is InChI=1S/C84H173N5/c1-6-11-16-21-26-31-36-41-43-48-52-57-62-67-72-86(73-68-63-58-53-49-44-42-37-32-27-22-17-12-7-2)76-79-88-81-83-89(84-82-88)80-78-87(74-69-64-59-54-47-40-35-30-25-20-15-10-5)77-75-85(70-65-60-55-50-45-38-33-28-23-18-13-8-3)71-66-61-56-51-46-39-34-29-24-19-14-9-4/h6-84H2,1-5H3. The summed E-state index contributed by atoms with van der Waals surface area (Å²) in [5.74, 6) is 0. The Hall–Kier alpha value is -0.200. The van der Waals surface area contributed by atoms with Crippen molar-refractivity contribution >= 4 is 0 Å². The van der Waals surface area contributed by atoms with Crippen molar-refractivity contribution in [2.75, 3.05) is 98.2 Å². The fraction of sp³-hybridized carbons (Fsp3) is 1.00. The molecule has 0 aromatic rings. The van der Waals surface area contributed by atoms with Crippen LogP contribution in [0.1, 0.15) is 446 Å². The van der Waals surface area contributed by atoms with Crippen LogP contribution in [0.5, 0.6) is 0 Å². The molecule has 1 saturated heterocycles. The van der Waals surface area contributed by atoms with Crippen molar-refractivity contribution in [1.29, 1.82) is 0 Å². The highest BCUT2D eigenvalue weighted by Crippen LogP contribution is 2.19. The molecular weight excluding hydrogens is 1080 g/mol. The molecule has 1 rings (SSSR count). The Labute approximate surface area is 565 Å². The van der Waals surface area contributed by atoms with E-state index in [1.165, 1.54) is 509 Å². The van der Waals surface area contributed by atoms with Gasteiger partial charge in [0.1, 0.15) is 0 Å². The van der Waals surface area contributed by atoms with Crippen LogP contribution in [0.3, 0.4) is 0 Å². The highest BCUT2D eigenvalue weighted by molar-refractivity contribution is 4.76. The highest BCUT2D eigenvalue weighted by atomic mass is 15.3. The molecule has 0 unspecified atom stereocenters. The maximum absolute atomic E-state index is 2.95. The van der Waals surface area contributed by atoms with Crippen molar-refractivity contribution in [2.45, 2.75) is 446 Å². The van der Waals surface area contributed by atoms with Gasteiger partial charge in [-0.1, -0.05) is 413 Å². The summed E-state index contributed by atoms with van der Waals surface area (Å²) < 4.78 is 0. The second-order valence-corrected chi connectivity index (χ2v) is 30.1. The molecule has 534 valence electrons. The molecule has 1 heterocycles. The predicted octanol–water partition coefficient (Wildman–Crippen LogP) is 26.6. The van der Waals surface area contributed by atoms with Gasteiger partial charge in [0, 0.05) is 65.4 Å². The molecule has 5 heteroatoms. The summed E-state index contributed by atoms with van der Waals surface area (Å²) in [5, 5.41) is 0. The van der Waals surface area contributed by atoms with E-state index in [-0.39, 0.29) is 0 Å². The van der Waals surface area contributed by atoms with Gasteiger partial charge in [0.2, 0.25) is 0 Å². The quantitative estimate of drug-likeness (QED) is 0.0563. The first-order chi connectivity index (χ1) is 44.2. The Balaban J connectivity index is 2.76. The minimum Gasteiger partial charge on any atom is -0.302 e. The largest absolute Gasteiger partial charge is 0.302 e. The van der Waals surface area contributed by atoms with Gasteiger partial charge in [-0.25, -0.2) is 0 Å². The maximum atomic E-state index is 2.95. The van der Waals surface area contributed by atoms with Gasteiger partial charge in [-0.3, -0.25) is 9.80 Å². The summed E-state index contributed by atoms with van der Waals surface area (Å²) in [7, 11) is 0. The Bertz CT molecular complexity index is 1190. The van der Waals surface area contributed by atoms with Crippen LogP contribution in [0.4, 0.5) is 0 Å². The lowest BCUT2D eigenvalue weighted by atomic mass is 10.0. The summed E-state index contributed by atoms with van der Waals surface area (Å²) in [6, 6.07) is 0. The van der Waals surface area contributed by atoms with Crippen LogP contribution >= 0.6 is 0 Å². The van der Waals surface area contributed by atoms with Crippen LogP contribution in [0, 0.1) is 0 Å². The first-order valence-corrected chi connectivity index (χ1v) is 42.8. The maximum Gasteiger partial charge on any atom is 0.0110 e. The van der Waals surface area contributed by atoms with Crippen LogP contribution < -0.4 is 0 Å². The molecule has 0 saturated carbocycles. The highest BCUT2D eigenvalue weighted by Gasteiger charge is 2.19. The van der Waals surface area contributed by atoms with Gasteiger partial charge in [0.25, 0.3) is 0 Å². The third-order valence-electron chi connectivity index (χ3n) is 21.3. The fourth-order valence-corrected chi connectivity index (χ4v) is 14.7. The predicted molar refractivity (Wildman–Crippen MR) is 406 cm³/mol. The van der Waals surface area contributed by atoms with Gasteiger partial charge in [-0.2, -0.15) is 0 Å². The van der Waals surface area contributed by atoms with Gasteiger partial charge in [0.05, 0.1) is 0 Å². The van der Waals surface area contributed by atoms with E-state index in [4.69, 9.17) is 0 Å². The Morgan fingerprint density at radius 2 is 0.270 bits per heavy atom. The summed E-state index contributed by atoms with van der Waals surface area (Å²) in [6.45, 7) is 31.1. The van der Waals surface area contributed by atoms with Crippen LogP contribution in [-0.2, 0) is 0 Å². The van der Waals surface area contributed by atoms with E-state index >= 15 is 0 Å². The Morgan fingerprint density at radius 3 is 0.427 bits per heavy atom. The lowest BCUT2D eigenvalue weighted by Gasteiger charge is -2.37. The van der Waals surface area contributed by atoms with Crippen molar-refractivity contribution in [3.05, 3.63) is 0 Å². The molecule has 0 aliphatic carbocycles. The fourth-order valence-electron chi connectivity index (χ4n) is 14.7. The molecule has 89 heavy (non-hydrogen) atoms. The van der Waals surface area contributed by atoms with E-state index in [0.29, 0.717) is 0 Å². The van der Waals surface area contributed by atoms with E-state index in [1.54, 1.807) is 0 Å². The van der Waals surface area contributed by atoms with Crippen LogP contribution in [0.25, 0.3) is 0 Å². The molecule has 1 fully saturated rings. The zero-order chi connectivity index (χ0) is 63.7. The minimum atomic E-state index is 1.27. The lowest BCUT2D eigenvalue weighted by molar-refractivity contribution is 0.104. The number of rotatable bonds is 78. The number of unbranched alkanes of at least 4 members (excludes halogenated alkanes) is 59. The number of piperazine rings is 1. The average Bonchev–Trinajstić information content (AvgIpc) is 3.68. The average molecular weight is 1250 g/mol. The van der Waals surface area contributed by atoms with Crippen molar-refractivity contribution in [3.8, 4) is 0 Å². The first kappa shape index (κ1) is 86.8. The lowest BCUT2D eigenvalue weighted by Crippen LogP contribution is -2.50. The molecule has 1 aliphatic heterocycles. The molecule has 5 nitrogen and oxygen atoms in total. The van der Waals surface area contributed by atoms with Crippen LogP contribution in [-0.4, -0.2) is 123 Å². The van der Waals surface area contributed by atoms with E-state index in [9.17, 15) is 0 Å². The summed E-state index contributed by atoms with van der Waals surface area (Å²) >= 11 is 0. The van der Waals surface area contributed by atoms with Crippen molar-refractivity contribution in [3.63, 3.8) is 0 Å². The zero-order valence-electron chi connectivity index (χ0n) is 63.1. The van der Waals surface area contributed by atoms with Gasteiger partial charge in [-0.05, 0) is 64.8 Å². The van der Waals surface area contributed by atoms with E-state index in [2.05, 4.69) is 59.1 Å². The second kappa shape index (κ2) is 75.2. The third-order valence-corrected chi connectivity index (χ3v) is 21.3. The molecule has 0 aromatic heterocycles. The van der Waals surface area contributed by atoms with Crippen LogP contribution in [0.15, 0.2) is 0 Å². The summed E-state index contributed by atoms with van der Waals surface area (Å²) in [4.78, 5) is 14.5. The van der Waals surface area contributed by atoms with E-state index in [0.717, 1.165) is 0 Å². The molecule has 0 atom stereocenters. The Morgan fingerprint density at radius 1 is 0.146 bits per heavy atom. The monoisotopic (exact) mass is 1250 g/mol. The second-order valence-electron chi connectivity index (χ2n) is 30.1. The number of nitrogens with zero attached hydrogens (tertiary/aromatic N) is 5. The van der Waals surface area contributed by atoms with Crippen LogP contribution in [0.2, 0.25) is 0 Å². The zero-order valence-corrected chi connectivity index (χ0v) is 63.1.